The van der Waals surface area contributed by atoms with Crippen molar-refractivity contribution in [1.82, 2.24) is 5.43 Å². The molecule has 0 atom stereocenters. The van der Waals surface area contributed by atoms with Crippen LogP contribution in [0.1, 0.15) is 22.6 Å². The standard InChI is InChI=1S/C21H24N2O4S2/c1-3-26-18-9-4-15(12-19(18)25-2)13-22-23-20(24)14-27-17-7-5-16(6-8-17)21-28-10-11-29-21/h4-9,12-13,21H,3,10-11,14H2,1-2H3,(H,23,24)/b22-13-. The van der Waals surface area contributed by atoms with E-state index in [9.17, 15) is 4.79 Å². The monoisotopic (exact) mass is 432 g/mol. The van der Waals surface area contributed by atoms with Gasteiger partial charge in [-0.3, -0.25) is 4.79 Å². The minimum atomic E-state index is -0.329. The minimum absolute atomic E-state index is 0.101. The van der Waals surface area contributed by atoms with E-state index >= 15 is 0 Å². The fraction of sp³-hybridized carbons (Fsp3) is 0.333. The van der Waals surface area contributed by atoms with Crippen molar-refractivity contribution in [3.8, 4) is 17.2 Å². The molecule has 2 aromatic rings. The van der Waals surface area contributed by atoms with Gasteiger partial charge in [-0.25, -0.2) is 5.43 Å². The molecule has 0 radical (unpaired) electrons. The molecule has 1 fully saturated rings. The zero-order valence-corrected chi connectivity index (χ0v) is 18.1. The van der Waals surface area contributed by atoms with Gasteiger partial charge in [-0.05, 0) is 48.4 Å². The average molecular weight is 433 g/mol. The third-order valence-corrected chi connectivity index (χ3v) is 7.14. The fourth-order valence-electron chi connectivity index (χ4n) is 2.67. The quantitative estimate of drug-likeness (QED) is 0.475. The lowest BCUT2D eigenvalue weighted by Gasteiger charge is -2.10. The predicted octanol–water partition coefficient (Wildman–Crippen LogP) is 4.10. The second-order valence-corrected chi connectivity index (χ2v) is 8.79. The van der Waals surface area contributed by atoms with Gasteiger partial charge < -0.3 is 14.2 Å². The molecule has 0 unspecified atom stereocenters. The lowest BCUT2D eigenvalue weighted by atomic mass is 10.2. The summed E-state index contributed by atoms with van der Waals surface area (Å²) in [5, 5.41) is 3.96. The first-order valence-electron chi connectivity index (χ1n) is 9.28. The van der Waals surface area contributed by atoms with Gasteiger partial charge in [0.05, 0.1) is 24.5 Å². The zero-order valence-electron chi connectivity index (χ0n) is 16.4. The summed E-state index contributed by atoms with van der Waals surface area (Å²) in [6.07, 6.45) is 1.54. The highest BCUT2D eigenvalue weighted by atomic mass is 32.2. The molecular weight excluding hydrogens is 408 g/mol. The Hall–Kier alpha value is -2.32. The Kier molecular flexibility index (Phi) is 8.13. The average Bonchev–Trinajstić information content (AvgIpc) is 3.28. The van der Waals surface area contributed by atoms with Gasteiger partial charge in [-0.1, -0.05) is 12.1 Å². The molecule has 6 nitrogen and oxygen atoms in total. The summed E-state index contributed by atoms with van der Waals surface area (Å²) in [6, 6.07) is 13.3. The van der Waals surface area contributed by atoms with E-state index in [1.165, 1.54) is 17.1 Å². The van der Waals surface area contributed by atoms with Crippen LogP contribution in [0, 0.1) is 0 Å². The molecule has 8 heteroatoms. The van der Waals surface area contributed by atoms with Crippen molar-refractivity contribution < 1.29 is 19.0 Å². The molecule has 0 saturated carbocycles. The van der Waals surface area contributed by atoms with Gasteiger partial charge in [0.15, 0.2) is 18.1 Å². The van der Waals surface area contributed by atoms with Crippen LogP contribution in [0.15, 0.2) is 47.6 Å². The smallest absolute Gasteiger partial charge is 0.277 e. The van der Waals surface area contributed by atoms with Crippen LogP contribution in [0.2, 0.25) is 0 Å². The maximum Gasteiger partial charge on any atom is 0.277 e. The van der Waals surface area contributed by atoms with Crippen LogP contribution in [0.3, 0.4) is 0 Å². The number of nitrogens with one attached hydrogen (secondary N) is 1. The molecule has 1 aliphatic rings. The van der Waals surface area contributed by atoms with E-state index in [2.05, 4.69) is 22.7 Å². The molecule has 154 valence electrons. The third-order valence-electron chi connectivity index (χ3n) is 4.03. The van der Waals surface area contributed by atoms with E-state index in [1.807, 2.05) is 48.6 Å². The lowest BCUT2D eigenvalue weighted by Crippen LogP contribution is -2.24. The Labute approximate surface area is 179 Å². The van der Waals surface area contributed by atoms with Crippen LogP contribution in [-0.4, -0.2) is 44.0 Å². The van der Waals surface area contributed by atoms with Crippen molar-refractivity contribution in [1.29, 1.82) is 0 Å². The Morgan fingerprint density at radius 3 is 2.59 bits per heavy atom. The molecule has 29 heavy (non-hydrogen) atoms. The van der Waals surface area contributed by atoms with E-state index < -0.39 is 0 Å². The van der Waals surface area contributed by atoms with Crippen LogP contribution < -0.4 is 19.6 Å². The first kappa shape index (κ1) is 21.4. The van der Waals surface area contributed by atoms with E-state index in [1.54, 1.807) is 25.5 Å². The molecule has 3 rings (SSSR count). The highest BCUT2D eigenvalue weighted by Gasteiger charge is 2.18. The first-order chi connectivity index (χ1) is 14.2. The van der Waals surface area contributed by atoms with Gasteiger partial charge in [0.1, 0.15) is 5.75 Å². The highest BCUT2D eigenvalue weighted by molar-refractivity contribution is 8.19. The van der Waals surface area contributed by atoms with Gasteiger partial charge in [0.2, 0.25) is 0 Å². The number of carbonyl (C=O) groups is 1. The van der Waals surface area contributed by atoms with Crippen LogP contribution in [0.25, 0.3) is 0 Å². The molecular formula is C21H24N2O4S2. The Bertz CT molecular complexity index is 837. The van der Waals surface area contributed by atoms with E-state index in [-0.39, 0.29) is 12.5 Å². The van der Waals surface area contributed by atoms with Gasteiger partial charge in [-0.15, -0.1) is 23.5 Å². The van der Waals surface area contributed by atoms with E-state index in [0.29, 0.717) is 28.4 Å². The fourth-order valence-corrected chi connectivity index (χ4v) is 5.53. The molecule has 1 amide bonds. The molecule has 1 saturated heterocycles. The summed E-state index contributed by atoms with van der Waals surface area (Å²) < 4.78 is 16.8. The molecule has 2 aromatic carbocycles. The highest BCUT2D eigenvalue weighted by Crippen LogP contribution is 2.45. The number of carbonyl (C=O) groups excluding carboxylic acids is 1. The second kappa shape index (κ2) is 11.0. The molecule has 0 aliphatic carbocycles. The van der Waals surface area contributed by atoms with Crippen molar-refractivity contribution >= 4 is 35.6 Å². The summed E-state index contributed by atoms with van der Waals surface area (Å²) in [5.74, 6) is 4.00. The van der Waals surface area contributed by atoms with Crippen LogP contribution in [0.5, 0.6) is 17.2 Å². The van der Waals surface area contributed by atoms with Gasteiger partial charge >= 0.3 is 0 Å². The summed E-state index contributed by atoms with van der Waals surface area (Å²) in [4.78, 5) is 11.9. The number of hydrazone groups is 1. The van der Waals surface area contributed by atoms with Crippen molar-refractivity contribution in [3.63, 3.8) is 0 Å². The number of hydrogen-bond donors (Lipinski definition) is 1. The molecule has 1 N–H and O–H groups in total. The molecule has 1 aliphatic heterocycles. The number of benzene rings is 2. The number of rotatable bonds is 9. The second-order valence-electron chi connectivity index (χ2n) is 6.07. The van der Waals surface area contributed by atoms with Crippen molar-refractivity contribution in [2.75, 3.05) is 31.8 Å². The maximum atomic E-state index is 11.9. The Balaban J connectivity index is 1.46. The van der Waals surface area contributed by atoms with Crippen LogP contribution in [-0.2, 0) is 4.79 Å². The van der Waals surface area contributed by atoms with Crippen LogP contribution >= 0.6 is 23.5 Å². The molecule has 0 aromatic heterocycles. The van der Waals surface area contributed by atoms with Crippen molar-refractivity contribution in [2.45, 2.75) is 11.5 Å². The minimum Gasteiger partial charge on any atom is -0.493 e. The summed E-state index contributed by atoms with van der Waals surface area (Å²) >= 11 is 3.92. The molecule has 0 bridgehead atoms. The van der Waals surface area contributed by atoms with Crippen LogP contribution in [0.4, 0.5) is 0 Å². The third kappa shape index (κ3) is 6.33. The number of amides is 1. The topological polar surface area (TPSA) is 69.2 Å². The van der Waals surface area contributed by atoms with Crippen molar-refractivity contribution in [2.24, 2.45) is 5.10 Å². The number of nitrogens with zero attached hydrogens (tertiary/aromatic N) is 1. The first-order valence-corrected chi connectivity index (χ1v) is 11.4. The number of ether oxygens (including phenoxy) is 3. The molecule has 0 spiro atoms. The van der Waals surface area contributed by atoms with E-state index in [4.69, 9.17) is 14.2 Å². The SMILES string of the molecule is CCOc1ccc(/C=N\NC(=O)COc2ccc(C3SCCS3)cc2)cc1OC. The van der Waals surface area contributed by atoms with Gasteiger partial charge in [0.25, 0.3) is 5.91 Å². The number of thioether (sulfide) groups is 2. The Morgan fingerprint density at radius 2 is 1.90 bits per heavy atom. The Morgan fingerprint density at radius 1 is 1.14 bits per heavy atom. The zero-order chi connectivity index (χ0) is 20.5. The summed E-state index contributed by atoms with van der Waals surface area (Å²) in [5.41, 5.74) is 4.53. The van der Waals surface area contributed by atoms with Crippen molar-refractivity contribution in [3.05, 3.63) is 53.6 Å². The summed E-state index contributed by atoms with van der Waals surface area (Å²) in [6.45, 7) is 2.37. The number of hydrogen-bond acceptors (Lipinski definition) is 7. The van der Waals surface area contributed by atoms with Gasteiger partial charge in [0, 0.05) is 11.5 Å². The number of methoxy groups -OCH3 is 1. The largest absolute Gasteiger partial charge is 0.493 e. The lowest BCUT2D eigenvalue weighted by molar-refractivity contribution is -0.123. The molecule has 1 heterocycles. The summed E-state index contributed by atoms with van der Waals surface area (Å²) in [7, 11) is 1.58. The normalized spacial score (nSPS) is 14.1. The predicted molar refractivity (Wildman–Crippen MR) is 119 cm³/mol. The van der Waals surface area contributed by atoms with E-state index in [0.717, 1.165) is 5.56 Å². The maximum absolute atomic E-state index is 11.9. The van der Waals surface area contributed by atoms with Gasteiger partial charge in [-0.2, -0.15) is 5.10 Å².